The molecule has 1 aliphatic carbocycles. The molecule has 3 rings (SSSR count). The minimum Gasteiger partial charge on any atom is -0.369 e. The first-order valence-corrected chi connectivity index (χ1v) is 8.79. The maximum Gasteiger partial charge on any atom is 0.230 e. The van der Waals surface area contributed by atoms with E-state index in [1.165, 1.54) is 0 Å². The van der Waals surface area contributed by atoms with Crippen molar-refractivity contribution in [2.24, 2.45) is 5.41 Å². The molecule has 0 unspecified atom stereocenters. The molecular formula is C19H21ClN4O. The van der Waals surface area contributed by atoms with Crippen molar-refractivity contribution in [2.45, 2.75) is 25.7 Å². The lowest BCUT2D eigenvalue weighted by Gasteiger charge is -2.31. The van der Waals surface area contributed by atoms with Gasteiger partial charge in [-0.25, -0.2) is 4.98 Å². The lowest BCUT2D eigenvalue weighted by molar-refractivity contribution is -0.138. The molecule has 1 N–H and O–H groups in total. The van der Waals surface area contributed by atoms with E-state index in [0.717, 1.165) is 31.1 Å². The average Bonchev–Trinajstić information content (AvgIpc) is 3.08. The first kappa shape index (κ1) is 17.5. The maximum absolute atomic E-state index is 12.7. The molecule has 0 bridgehead atoms. The van der Waals surface area contributed by atoms with Gasteiger partial charge in [-0.15, -0.1) is 0 Å². The third-order valence-corrected chi connectivity index (χ3v) is 5.15. The molecule has 1 aromatic heterocycles. The molecule has 6 heteroatoms. The number of pyridine rings is 1. The fourth-order valence-corrected chi connectivity index (χ4v) is 3.81. The van der Waals surface area contributed by atoms with Gasteiger partial charge in [0.05, 0.1) is 22.6 Å². The molecule has 0 saturated heterocycles. The van der Waals surface area contributed by atoms with Gasteiger partial charge in [-0.1, -0.05) is 24.4 Å². The lowest BCUT2D eigenvalue weighted by atomic mass is 9.84. The summed E-state index contributed by atoms with van der Waals surface area (Å²) >= 11 is 6.02. The van der Waals surface area contributed by atoms with Crippen LogP contribution >= 0.6 is 11.6 Å². The number of nitriles is 1. The minimum atomic E-state index is -0.382. The van der Waals surface area contributed by atoms with E-state index in [0.29, 0.717) is 28.5 Å². The van der Waals surface area contributed by atoms with E-state index in [1.807, 2.05) is 0 Å². The highest BCUT2D eigenvalue weighted by molar-refractivity contribution is 6.31. The van der Waals surface area contributed by atoms with Crippen molar-refractivity contribution in [3.63, 3.8) is 0 Å². The summed E-state index contributed by atoms with van der Waals surface area (Å²) in [4.78, 5) is 18.9. The average molecular weight is 357 g/mol. The van der Waals surface area contributed by atoms with Gasteiger partial charge in [0.1, 0.15) is 5.82 Å². The van der Waals surface area contributed by atoms with Gasteiger partial charge in [0.2, 0.25) is 5.91 Å². The van der Waals surface area contributed by atoms with Crippen LogP contribution < -0.4 is 5.32 Å². The highest BCUT2D eigenvalue weighted by atomic mass is 35.5. The van der Waals surface area contributed by atoms with Gasteiger partial charge in [0.25, 0.3) is 0 Å². The van der Waals surface area contributed by atoms with E-state index in [-0.39, 0.29) is 11.3 Å². The molecule has 1 fully saturated rings. The molecule has 0 aliphatic heterocycles. The number of nitrogens with zero attached hydrogens (tertiary/aromatic N) is 3. The van der Waals surface area contributed by atoms with Crippen molar-refractivity contribution in [2.75, 3.05) is 26.0 Å². The monoisotopic (exact) mass is 356 g/mol. The summed E-state index contributed by atoms with van der Waals surface area (Å²) in [5.74, 6) is 0.773. The van der Waals surface area contributed by atoms with Gasteiger partial charge in [-0.2, -0.15) is 5.26 Å². The molecule has 0 radical (unpaired) electrons. The number of rotatable bonds is 4. The topological polar surface area (TPSA) is 69.0 Å². The van der Waals surface area contributed by atoms with E-state index in [1.54, 1.807) is 43.3 Å². The predicted octanol–water partition coefficient (Wildman–Crippen LogP) is 3.82. The van der Waals surface area contributed by atoms with Crippen LogP contribution in [0.3, 0.4) is 0 Å². The van der Waals surface area contributed by atoms with Gasteiger partial charge in [0.15, 0.2) is 0 Å². The van der Waals surface area contributed by atoms with Crippen LogP contribution in [0.4, 0.5) is 5.82 Å². The largest absolute Gasteiger partial charge is 0.369 e. The molecule has 5 nitrogen and oxygen atoms in total. The number of fused-ring (bicyclic) bond motifs is 1. The first-order valence-electron chi connectivity index (χ1n) is 8.41. The fraction of sp³-hybridized carbons (Fsp3) is 0.421. The Labute approximate surface area is 152 Å². The Morgan fingerprint density at radius 3 is 2.72 bits per heavy atom. The van der Waals surface area contributed by atoms with Gasteiger partial charge in [-0.3, -0.25) is 4.79 Å². The number of carbonyl (C=O) groups is 1. The molecule has 25 heavy (non-hydrogen) atoms. The number of aromatic nitrogens is 1. The Morgan fingerprint density at radius 1 is 1.36 bits per heavy atom. The van der Waals surface area contributed by atoms with Crippen molar-refractivity contribution >= 4 is 34.2 Å². The van der Waals surface area contributed by atoms with Crippen molar-refractivity contribution in [1.29, 1.82) is 5.26 Å². The van der Waals surface area contributed by atoms with Crippen LogP contribution in [-0.2, 0) is 4.79 Å². The number of hydrogen-bond acceptors (Lipinski definition) is 4. The van der Waals surface area contributed by atoms with Crippen molar-refractivity contribution in [3.05, 3.63) is 34.9 Å². The number of amides is 1. The van der Waals surface area contributed by atoms with E-state index in [2.05, 4.69) is 16.4 Å². The Hall–Kier alpha value is -2.32. The molecule has 2 aromatic rings. The van der Waals surface area contributed by atoms with E-state index in [9.17, 15) is 10.1 Å². The molecule has 1 aliphatic rings. The first-order chi connectivity index (χ1) is 11.9. The second-order valence-corrected chi connectivity index (χ2v) is 7.31. The second kappa shape index (κ2) is 6.89. The molecule has 1 amide bonds. The number of halogens is 1. The molecule has 0 spiro atoms. The third kappa shape index (κ3) is 3.40. The molecule has 1 heterocycles. The SMILES string of the molecule is CN(C)C(=O)C1(CNc2cc(C#N)c3cc(Cl)ccc3n2)CCCC1. The summed E-state index contributed by atoms with van der Waals surface area (Å²) in [6.07, 6.45) is 3.89. The van der Waals surface area contributed by atoms with Crippen LogP contribution in [-0.4, -0.2) is 36.4 Å². The van der Waals surface area contributed by atoms with E-state index < -0.39 is 0 Å². The normalized spacial score (nSPS) is 15.8. The molecule has 1 aromatic carbocycles. The highest BCUT2D eigenvalue weighted by Crippen LogP contribution is 2.39. The minimum absolute atomic E-state index is 0.158. The Kier molecular flexibility index (Phi) is 4.82. The summed E-state index contributed by atoms with van der Waals surface area (Å²) in [6.45, 7) is 0.529. The van der Waals surface area contributed by atoms with Crippen LogP contribution in [0.25, 0.3) is 10.9 Å². The summed E-state index contributed by atoms with van der Waals surface area (Å²) < 4.78 is 0. The zero-order chi connectivity index (χ0) is 18.0. The number of benzene rings is 1. The van der Waals surface area contributed by atoms with Crippen LogP contribution in [0.15, 0.2) is 24.3 Å². The zero-order valence-electron chi connectivity index (χ0n) is 14.5. The third-order valence-electron chi connectivity index (χ3n) is 4.92. The highest BCUT2D eigenvalue weighted by Gasteiger charge is 2.41. The molecular weight excluding hydrogens is 336 g/mol. The summed E-state index contributed by atoms with van der Waals surface area (Å²) in [7, 11) is 3.60. The fourth-order valence-electron chi connectivity index (χ4n) is 3.63. The van der Waals surface area contributed by atoms with E-state index in [4.69, 9.17) is 11.6 Å². The summed E-state index contributed by atoms with van der Waals surface area (Å²) in [6, 6.07) is 9.24. The second-order valence-electron chi connectivity index (χ2n) is 6.87. The van der Waals surface area contributed by atoms with Crippen LogP contribution in [0, 0.1) is 16.7 Å². The standard InChI is InChI=1S/C19H21ClN4O/c1-24(2)18(25)19(7-3-4-8-19)12-22-17-9-13(11-21)15-10-14(20)5-6-16(15)23-17/h5-6,9-10H,3-4,7-8,12H2,1-2H3,(H,22,23). The van der Waals surface area contributed by atoms with Crippen LogP contribution in [0.2, 0.25) is 5.02 Å². The number of nitrogens with one attached hydrogen (secondary N) is 1. The van der Waals surface area contributed by atoms with Gasteiger partial charge in [0, 0.05) is 31.0 Å². The van der Waals surface area contributed by atoms with Gasteiger partial charge < -0.3 is 10.2 Å². The smallest absolute Gasteiger partial charge is 0.230 e. The number of anilines is 1. The van der Waals surface area contributed by atoms with Crippen molar-refractivity contribution in [1.82, 2.24) is 9.88 Å². The molecule has 0 atom stereocenters. The molecule has 1 saturated carbocycles. The van der Waals surface area contributed by atoms with Crippen molar-refractivity contribution < 1.29 is 4.79 Å². The summed E-state index contributed by atoms with van der Waals surface area (Å²) in [5.41, 5.74) is 0.854. The van der Waals surface area contributed by atoms with Crippen molar-refractivity contribution in [3.8, 4) is 6.07 Å². The molecule has 130 valence electrons. The van der Waals surface area contributed by atoms with Crippen LogP contribution in [0.1, 0.15) is 31.2 Å². The lowest BCUT2D eigenvalue weighted by Crippen LogP contribution is -2.43. The van der Waals surface area contributed by atoms with E-state index >= 15 is 0 Å². The zero-order valence-corrected chi connectivity index (χ0v) is 15.2. The Bertz CT molecular complexity index is 850. The summed E-state index contributed by atoms with van der Waals surface area (Å²) in [5, 5.41) is 14.0. The number of hydrogen-bond donors (Lipinski definition) is 1. The van der Waals surface area contributed by atoms with Gasteiger partial charge >= 0.3 is 0 Å². The maximum atomic E-state index is 12.7. The van der Waals surface area contributed by atoms with Gasteiger partial charge in [-0.05, 0) is 37.1 Å². The Morgan fingerprint density at radius 2 is 2.08 bits per heavy atom. The Balaban J connectivity index is 1.89. The predicted molar refractivity (Wildman–Crippen MR) is 99.6 cm³/mol. The quantitative estimate of drug-likeness (QED) is 0.904. The number of carbonyl (C=O) groups excluding carboxylic acids is 1. The van der Waals surface area contributed by atoms with Crippen LogP contribution in [0.5, 0.6) is 0 Å².